The lowest BCUT2D eigenvalue weighted by Gasteiger charge is -2.34. The van der Waals surface area contributed by atoms with E-state index in [4.69, 9.17) is 10.5 Å². The molecule has 2 aliphatic rings. The van der Waals surface area contributed by atoms with Crippen LogP contribution in [0.1, 0.15) is 28.8 Å². The lowest BCUT2D eigenvalue weighted by Crippen LogP contribution is -2.41. The first-order chi connectivity index (χ1) is 17.3. The van der Waals surface area contributed by atoms with Crippen LogP contribution in [0.4, 0.5) is 10.1 Å². The van der Waals surface area contributed by atoms with Gasteiger partial charge in [0.25, 0.3) is 5.91 Å². The third-order valence-electron chi connectivity index (χ3n) is 6.16. The lowest BCUT2D eigenvalue weighted by molar-refractivity contribution is 0.0633. The van der Waals surface area contributed by atoms with Crippen molar-refractivity contribution in [3.63, 3.8) is 0 Å². The van der Waals surface area contributed by atoms with E-state index < -0.39 is 11.0 Å². The molecule has 1 fully saturated rings. The number of ether oxygens (including phenoxy) is 1. The van der Waals surface area contributed by atoms with E-state index in [0.29, 0.717) is 53.5 Å². The fraction of sp³-hybridized carbons (Fsp3) is 0.240. The van der Waals surface area contributed by atoms with E-state index in [9.17, 15) is 18.3 Å². The smallest absolute Gasteiger partial charge is 0.253 e. The Balaban J connectivity index is 1.26. The van der Waals surface area contributed by atoms with Gasteiger partial charge in [-0.2, -0.15) is 0 Å². The number of hydrogen-bond donors (Lipinski definition) is 4. The molecular weight excluding hydrogens is 485 g/mol. The zero-order valence-electron chi connectivity index (χ0n) is 19.3. The van der Waals surface area contributed by atoms with E-state index in [0.717, 1.165) is 12.8 Å². The van der Waals surface area contributed by atoms with Crippen molar-refractivity contribution < 1.29 is 23.0 Å². The van der Waals surface area contributed by atoms with E-state index in [-0.39, 0.29) is 23.5 Å². The molecular formula is C25H26FN5O4S. The van der Waals surface area contributed by atoms with E-state index >= 15 is 0 Å². The number of anilines is 1. The third-order valence-corrected chi connectivity index (χ3v) is 7.11. The maximum absolute atomic E-state index is 13.6. The fourth-order valence-electron chi connectivity index (χ4n) is 4.50. The van der Waals surface area contributed by atoms with Crippen LogP contribution < -0.4 is 15.2 Å². The predicted octanol–water partition coefficient (Wildman–Crippen LogP) is 4.53. The van der Waals surface area contributed by atoms with E-state index in [1.54, 1.807) is 53.6 Å². The van der Waals surface area contributed by atoms with Crippen LogP contribution in [0.5, 0.6) is 5.75 Å². The van der Waals surface area contributed by atoms with Gasteiger partial charge < -0.3 is 15.4 Å². The Bertz CT molecular complexity index is 1340. The molecule has 0 unspecified atom stereocenters. The molecule has 11 heteroatoms. The van der Waals surface area contributed by atoms with Crippen LogP contribution in [0.25, 0.3) is 11.3 Å². The first-order valence-electron chi connectivity index (χ1n) is 11.5. The van der Waals surface area contributed by atoms with Gasteiger partial charge in [0.15, 0.2) is 5.84 Å². The van der Waals surface area contributed by atoms with Gasteiger partial charge in [0.2, 0.25) is 0 Å². The zero-order chi connectivity index (χ0) is 25.3. The molecule has 0 radical (unpaired) electrons. The Labute approximate surface area is 209 Å². The second-order valence-electron chi connectivity index (χ2n) is 8.79. The summed E-state index contributed by atoms with van der Waals surface area (Å²) >= 11 is 0. The number of carbonyl (C=O) groups excluding carboxylic acids is 1. The first kappa shape index (κ1) is 24.0. The summed E-state index contributed by atoms with van der Waals surface area (Å²) in [6.07, 6.45) is 3.29. The highest BCUT2D eigenvalue weighted by molar-refractivity contribution is 8.24. The number of likely N-dealkylation sites (tertiary alicyclic amines) is 1. The Morgan fingerprint density at radius 1 is 1.22 bits per heavy atom. The maximum Gasteiger partial charge on any atom is 0.253 e. The number of benzene rings is 2. The lowest BCUT2D eigenvalue weighted by atomic mass is 9.98. The monoisotopic (exact) mass is 511 g/mol. The molecule has 1 saturated heterocycles. The molecule has 0 bridgehead atoms. The average molecular weight is 512 g/mol. The third kappa shape index (κ3) is 5.13. The fourth-order valence-corrected chi connectivity index (χ4v) is 5.38. The number of nitrogens with zero attached hydrogens (tertiary/aromatic N) is 3. The number of carbonyl (C=O) groups is 1. The number of amides is 1. The topological polar surface area (TPSA) is 133 Å². The minimum absolute atomic E-state index is 0.00779. The Morgan fingerprint density at radius 2 is 2.06 bits per heavy atom. The van der Waals surface area contributed by atoms with Crippen LogP contribution in [0.15, 0.2) is 65.2 Å². The van der Waals surface area contributed by atoms with Crippen molar-refractivity contribution in [1.29, 1.82) is 0 Å². The standard InChI is InChI=1S/C25H26FN5O4S/c26-19-6-1-5-17(12-19)21-13-18(9-10-28-21)25(32)31-11-3-4-16(14-31)15-35-22-8-2-7-20-23(22)24(27)30-36(33,34)29-20/h1-2,5-10,12-13,16,29,33-34H,3-4,11,14-15H2,(H2,27,30)/t16-/m0/s1. The number of fused-ring (bicyclic) bond motifs is 1. The molecule has 0 aliphatic carbocycles. The summed E-state index contributed by atoms with van der Waals surface area (Å²) in [4.78, 5) is 19.4. The number of pyridine rings is 1. The molecule has 188 valence electrons. The number of aromatic nitrogens is 1. The summed E-state index contributed by atoms with van der Waals surface area (Å²) in [5.41, 5.74) is 8.54. The van der Waals surface area contributed by atoms with E-state index in [1.165, 1.54) is 12.1 Å². The largest absolute Gasteiger partial charge is 0.492 e. The number of rotatable bonds is 5. The van der Waals surface area contributed by atoms with Crippen molar-refractivity contribution in [3.8, 4) is 17.0 Å². The van der Waals surface area contributed by atoms with Crippen LogP contribution in [0.3, 0.4) is 0 Å². The molecule has 1 amide bonds. The van der Waals surface area contributed by atoms with Gasteiger partial charge in [-0.15, -0.1) is 4.40 Å². The molecule has 5 rings (SSSR count). The van der Waals surface area contributed by atoms with Crippen molar-refractivity contribution in [2.45, 2.75) is 12.8 Å². The van der Waals surface area contributed by atoms with E-state index in [2.05, 4.69) is 14.1 Å². The molecule has 9 nitrogen and oxygen atoms in total. The van der Waals surface area contributed by atoms with Gasteiger partial charge in [-0.1, -0.05) is 18.2 Å². The summed E-state index contributed by atoms with van der Waals surface area (Å²) in [6.45, 7) is 1.51. The van der Waals surface area contributed by atoms with Crippen molar-refractivity contribution in [2.24, 2.45) is 16.0 Å². The second-order valence-corrected chi connectivity index (χ2v) is 10.2. The normalized spacial score (nSPS) is 19.5. The summed E-state index contributed by atoms with van der Waals surface area (Å²) in [6, 6.07) is 14.6. The maximum atomic E-state index is 13.6. The molecule has 5 N–H and O–H groups in total. The molecule has 36 heavy (non-hydrogen) atoms. The van der Waals surface area contributed by atoms with Crippen LogP contribution >= 0.6 is 11.0 Å². The second kappa shape index (κ2) is 9.76. The van der Waals surface area contributed by atoms with Crippen LogP contribution in [0.2, 0.25) is 0 Å². The quantitative estimate of drug-likeness (QED) is 0.395. The van der Waals surface area contributed by atoms with Gasteiger partial charge in [-0.25, -0.2) is 4.39 Å². The van der Waals surface area contributed by atoms with Gasteiger partial charge in [0.1, 0.15) is 11.6 Å². The summed E-state index contributed by atoms with van der Waals surface area (Å²) in [5, 5.41) is 0. The Kier molecular flexibility index (Phi) is 6.52. The molecule has 0 spiro atoms. The van der Waals surface area contributed by atoms with Gasteiger partial charge >= 0.3 is 0 Å². The molecule has 3 heterocycles. The van der Waals surface area contributed by atoms with Crippen LogP contribution in [0, 0.1) is 11.7 Å². The first-order valence-corrected chi connectivity index (χ1v) is 13.0. The van der Waals surface area contributed by atoms with E-state index in [1.807, 2.05) is 0 Å². The van der Waals surface area contributed by atoms with Crippen molar-refractivity contribution in [1.82, 2.24) is 9.88 Å². The molecule has 2 aliphatic heterocycles. The minimum atomic E-state index is -3.37. The van der Waals surface area contributed by atoms with Gasteiger partial charge in [-0.3, -0.25) is 23.6 Å². The highest BCUT2D eigenvalue weighted by Gasteiger charge is 2.28. The summed E-state index contributed by atoms with van der Waals surface area (Å²) < 4.78 is 45.7. The summed E-state index contributed by atoms with van der Waals surface area (Å²) in [5.74, 6) is 0.0996. The SMILES string of the molecule is NC1=NS(O)(O)Nc2cccc(OC[C@H]3CCCN(C(=O)c4ccnc(-c5cccc(F)c5)c4)C3)c21. The van der Waals surface area contributed by atoms with Gasteiger partial charge in [0, 0.05) is 36.3 Å². The van der Waals surface area contributed by atoms with Crippen LogP contribution in [-0.4, -0.2) is 50.4 Å². The molecule has 1 atom stereocenters. The zero-order valence-corrected chi connectivity index (χ0v) is 20.1. The minimum Gasteiger partial charge on any atom is -0.492 e. The number of nitrogens with two attached hydrogens (primary N) is 1. The number of nitrogens with one attached hydrogen (secondary N) is 1. The number of hydrogen-bond acceptors (Lipinski definition) is 8. The average Bonchev–Trinajstić information content (AvgIpc) is 2.86. The number of amidine groups is 1. The van der Waals surface area contributed by atoms with Crippen molar-refractivity contribution in [2.75, 3.05) is 24.4 Å². The molecule has 1 aromatic heterocycles. The molecule has 0 saturated carbocycles. The predicted molar refractivity (Wildman–Crippen MR) is 137 cm³/mol. The van der Waals surface area contributed by atoms with Crippen LogP contribution in [-0.2, 0) is 0 Å². The number of halogens is 1. The summed E-state index contributed by atoms with van der Waals surface area (Å²) in [7, 11) is -3.37. The van der Waals surface area contributed by atoms with Gasteiger partial charge in [-0.05, 0) is 60.2 Å². The number of piperidine rings is 1. The van der Waals surface area contributed by atoms with Crippen molar-refractivity contribution in [3.05, 3.63) is 77.7 Å². The highest BCUT2D eigenvalue weighted by atomic mass is 32.3. The van der Waals surface area contributed by atoms with Crippen molar-refractivity contribution >= 4 is 28.4 Å². The highest BCUT2D eigenvalue weighted by Crippen LogP contribution is 2.46. The molecule has 3 aromatic rings. The Hall–Kier alpha value is -3.67. The Morgan fingerprint density at radius 3 is 2.89 bits per heavy atom. The van der Waals surface area contributed by atoms with Gasteiger partial charge in [0.05, 0.1) is 23.6 Å². The molecule has 2 aromatic carbocycles.